The number of carbonyl (C=O) groups excluding carboxylic acids is 3. The first-order chi connectivity index (χ1) is 6.79. The summed E-state index contributed by atoms with van der Waals surface area (Å²) in [4.78, 5) is 32.8. The molecule has 15 heavy (non-hydrogen) atoms. The fraction of sp³-hybridized carbons (Fsp3) is 0.700. The molecule has 0 atom stereocenters. The number of carbonyl (C=O) groups is 3. The smallest absolute Gasteiger partial charge is 0.312 e. The van der Waals surface area contributed by atoms with E-state index in [2.05, 4.69) is 0 Å². The Morgan fingerprint density at radius 2 is 1.80 bits per heavy atom. The molecule has 86 valence electrons. The summed E-state index contributed by atoms with van der Waals surface area (Å²) >= 11 is 0. The molecule has 0 aliphatic heterocycles. The molecule has 0 saturated carbocycles. The lowest BCUT2D eigenvalue weighted by Gasteiger charge is -2.19. The lowest BCUT2D eigenvalue weighted by molar-refractivity contribution is -0.157. The topological polar surface area (TPSA) is 72.5 Å². The molecule has 0 saturated heterocycles. The van der Waals surface area contributed by atoms with Gasteiger partial charge in [-0.3, -0.25) is 19.7 Å². The quantitative estimate of drug-likeness (QED) is 0.698. The van der Waals surface area contributed by atoms with Gasteiger partial charge in [0.1, 0.15) is 0 Å². The number of imide groups is 1. The van der Waals surface area contributed by atoms with Crippen molar-refractivity contribution >= 4 is 17.8 Å². The second kappa shape index (κ2) is 5.48. The molecule has 0 aromatic rings. The fourth-order valence-electron chi connectivity index (χ4n) is 0.703. The second-order valence-corrected chi connectivity index (χ2v) is 3.92. The number of amides is 2. The van der Waals surface area contributed by atoms with E-state index in [0.717, 1.165) is 0 Å². The van der Waals surface area contributed by atoms with Crippen LogP contribution >= 0.6 is 0 Å². The molecular weight excluding hydrogens is 198 g/mol. The molecule has 5 heteroatoms. The van der Waals surface area contributed by atoms with E-state index in [4.69, 9.17) is 4.74 Å². The third kappa shape index (κ3) is 5.15. The summed E-state index contributed by atoms with van der Waals surface area (Å²) in [6.07, 6.45) is 0.625. The van der Waals surface area contributed by atoms with Crippen LogP contribution < -0.4 is 5.32 Å². The Morgan fingerprint density at radius 3 is 2.20 bits per heavy atom. The van der Waals surface area contributed by atoms with Gasteiger partial charge >= 0.3 is 5.97 Å². The van der Waals surface area contributed by atoms with E-state index >= 15 is 0 Å². The van der Waals surface area contributed by atoms with Gasteiger partial charge in [-0.05, 0) is 20.3 Å². The normalized spacial score (nSPS) is 10.7. The van der Waals surface area contributed by atoms with Crippen LogP contribution in [0, 0.1) is 5.41 Å². The molecule has 0 aliphatic rings. The van der Waals surface area contributed by atoms with Gasteiger partial charge < -0.3 is 4.74 Å². The van der Waals surface area contributed by atoms with E-state index in [0.29, 0.717) is 6.42 Å². The van der Waals surface area contributed by atoms with E-state index in [-0.39, 0.29) is 0 Å². The Labute approximate surface area is 89.2 Å². The highest BCUT2D eigenvalue weighted by Gasteiger charge is 2.27. The van der Waals surface area contributed by atoms with Crippen LogP contribution in [0.2, 0.25) is 0 Å². The molecule has 0 aromatic heterocycles. The first-order valence-electron chi connectivity index (χ1n) is 4.77. The molecule has 0 fully saturated rings. The van der Waals surface area contributed by atoms with E-state index in [1.807, 2.05) is 12.2 Å². The zero-order chi connectivity index (χ0) is 12.1. The van der Waals surface area contributed by atoms with Crippen LogP contribution in [0.5, 0.6) is 0 Å². The highest BCUT2D eigenvalue weighted by atomic mass is 16.5. The molecule has 5 nitrogen and oxygen atoms in total. The van der Waals surface area contributed by atoms with E-state index in [9.17, 15) is 14.4 Å². The minimum atomic E-state index is -0.609. The van der Waals surface area contributed by atoms with Gasteiger partial charge in [0.15, 0.2) is 6.61 Å². The number of hydrogen-bond donors (Lipinski definition) is 1. The van der Waals surface area contributed by atoms with Crippen molar-refractivity contribution in [2.24, 2.45) is 5.41 Å². The lowest BCUT2D eigenvalue weighted by Crippen LogP contribution is -2.34. The molecule has 0 heterocycles. The van der Waals surface area contributed by atoms with Crippen LogP contribution in [0.4, 0.5) is 0 Å². The third-order valence-electron chi connectivity index (χ3n) is 2.09. The van der Waals surface area contributed by atoms with Crippen molar-refractivity contribution in [3.05, 3.63) is 0 Å². The molecule has 0 bridgehead atoms. The Kier molecular flexibility index (Phi) is 4.97. The van der Waals surface area contributed by atoms with Crippen LogP contribution in [-0.4, -0.2) is 24.4 Å². The zero-order valence-electron chi connectivity index (χ0n) is 9.55. The first-order valence-corrected chi connectivity index (χ1v) is 4.77. The predicted molar refractivity (Wildman–Crippen MR) is 53.9 cm³/mol. The fourth-order valence-corrected chi connectivity index (χ4v) is 0.703. The standard InChI is InChI=1S/C10H17NO4/c1-5-10(3,4)9(14)15-6-8(13)11-7(2)12/h5-6H2,1-4H3,(H,11,12,13). The maximum atomic E-state index is 11.4. The molecule has 0 spiro atoms. The highest BCUT2D eigenvalue weighted by Crippen LogP contribution is 2.21. The van der Waals surface area contributed by atoms with E-state index in [1.165, 1.54) is 6.92 Å². The van der Waals surface area contributed by atoms with Crippen LogP contribution in [0.15, 0.2) is 0 Å². The van der Waals surface area contributed by atoms with Gasteiger partial charge in [0.2, 0.25) is 5.91 Å². The van der Waals surface area contributed by atoms with Gasteiger partial charge in [-0.1, -0.05) is 6.92 Å². The largest absolute Gasteiger partial charge is 0.455 e. The third-order valence-corrected chi connectivity index (χ3v) is 2.09. The summed E-state index contributed by atoms with van der Waals surface area (Å²) in [6, 6.07) is 0. The van der Waals surface area contributed by atoms with Crippen LogP contribution in [0.25, 0.3) is 0 Å². The van der Waals surface area contributed by atoms with Crippen molar-refractivity contribution in [2.75, 3.05) is 6.61 Å². The molecule has 0 radical (unpaired) electrons. The predicted octanol–water partition coefficient (Wildman–Crippen LogP) is 0.628. The molecule has 2 amide bonds. The zero-order valence-corrected chi connectivity index (χ0v) is 9.55. The maximum absolute atomic E-state index is 11.4. The maximum Gasteiger partial charge on any atom is 0.312 e. The summed E-state index contributed by atoms with van der Waals surface area (Å²) in [7, 11) is 0. The first kappa shape index (κ1) is 13.6. The number of hydrogen-bond acceptors (Lipinski definition) is 4. The SMILES string of the molecule is CCC(C)(C)C(=O)OCC(=O)NC(C)=O. The van der Waals surface area contributed by atoms with Gasteiger partial charge in [-0.25, -0.2) is 0 Å². The number of rotatable bonds is 4. The second-order valence-electron chi connectivity index (χ2n) is 3.92. The molecule has 0 aliphatic carbocycles. The summed E-state index contributed by atoms with van der Waals surface area (Å²) in [6.45, 7) is 6.13. The number of esters is 1. The summed E-state index contributed by atoms with van der Waals surface area (Å²) in [5.41, 5.74) is -0.601. The number of ether oxygens (including phenoxy) is 1. The molecule has 0 aromatic carbocycles. The Morgan fingerprint density at radius 1 is 1.27 bits per heavy atom. The van der Waals surface area contributed by atoms with Crippen molar-refractivity contribution in [1.29, 1.82) is 0 Å². The van der Waals surface area contributed by atoms with Crippen LogP contribution in [-0.2, 0) is 19.1 Å². The van der Waals surface area contributed by atoms with Gasteiger partial charge in [-0.2, -0.15) is 0 Å². The van der Waals surface area contributed by atoms with Crippen LogP contribution in [0.1, 0.15) is 34.1 Å². The van der Waals surface area contributed by atoms with Crippen molar-refractivity contribution in [1.82, 2.24) is 5.32 Å². The van der Waals surface area contributed by atoms with E-state index < -0.39 is 29.8 Å². The highest BCUT2D eigenvalue weighted by molar-refractivity contribution is 5.95. The average molecular weight is 215 g/mol. The lowest BCUT2D eigenvalue weighted by atomic mass is 9.91. The average Bonchev–Trinajstić information content (AvgIpc) is 2.13. The van der Waals surface area contributed by atoms with Crippen molar-refractivity contribution in [3.8, 4) is 0 Å². The molecule has 0 unspecified atom stereocenters. The van der Waals surface area contributed by atoms with Gasteiger partial charge in [0, 0.05) is 6.92 Å². The Hall–Kier alpha value is -1.39. The Bertz CT molecular complexity index is 271. The summed E-state index contributed by atoms with van der Waals surface area (Å²) in [5.74, 6) is -1.52. The minimum Gasteiger partial charge on any atom is -0.455 e. The monoisotopic (exact) mass is 215 g/mol. The number of nitrogens with one attached hydrogen (secondary N) is 1. The minimum absolute atomic E-state index is 0.415. The Balaban J connectivity index is 4.01. The summed E-state index contributed by atoms with van der Waals surface area (Å²) in [5, 5.41) is 2.01. The van der Waals surface area contributed by atoms with Crippen LogP contribution in [0.3, 0.4) is 0 Å². The van der Waals surface area contributed by atoms with Crippen molar-refractivity contribution < 1.29 is 19.1 Å². The molecular formula is C10H17NO4. The van der Waals surface area contributed by atoms with E-state index in [1.54, 1.807) is 13.8 Å². The molecule has 1 N–H and O–H groups in total. The van der Waals surface area contributed by atoms with Gasteiger partial charge in [0.25, 0.3) is 5.91 Å². The van der Waals surface area contributed by atoms with Crippen molar-refractivity contribution in [3.63, 3.8) is 0 Å². The summed E-state index contributed by atoms with van der Waals surface area (Å²) < 4.78 is 4.76. The molecule has 0 rings (SSSR count). The van der Waals surface area contributed by atoms with Crippen molar-refractivity contribution in [2.45, 2.75) is 34.1 Å². The van der Waals surface area contributed by atoms with Gasteiger partial charge in [-0.15, -0.1) is 0 Å². The van der Waals surface area contributed by atoms with Gasteiger partial charge in [0.05, 0.1) is 5.41 Å².